The molecule has 4 amide bonds. The molecular weight excluding hydrogens is 366 g/mol. The van der Waals surface area contributed by atoms with Crippen LogP contribution >= 0.6 is 11.3 Å². The summed E-state index contributed by atoms with van der Waals surface area (Å²) in [5.41, 5.74) is 0.359. The van der Waals surface area contributed by atoms with Crippen LogP contribution in [0.3, 0.4) is 0 Å². The lowest BCUT2D eigenvalue weighted by molar-refractivity contribution is -0.140. The molecular formula is C19H19N3O4S. The Morgan fingerprint density at radius 3 is 2.56 bits per heavy atom. The average Bonchev–Trinajstić information content (AvgIpc) is 3.40. The van der Waals surface area contributed by atoms with Crippen LogP contribution in [0.25, 0.3) is 0 Å². The predicted molar refractivity (Wildman–Crippen MR) is 101 cm³/mol. The van der Waals surface area contributed by atoms with E-state index >= 15 is 0 Å². The molecule has 2 fully saturated rings. The minimum absolute atomic E-state index is 0.124. The molecule has 2 aromatic rings. The van der Waals surface area contributed by atoms with Crippen LogP contribution in [0, 0.1) is 0 Å². The summed E-state index contributed by atoms with van der Waals surface area (Å²) in [6.45, 7) is 0.912. The van der Waals surface area contributed by atoms with Crippen LogP contribution < -0.4 is 9.64 Å². The van der Waals surface area contributed by atoms with Gasteiger partial charge in [0, 0.05) is 17.5 Å². The number of likely N-dealkylation sites (tertiary alicyclic amines) is 1. The molecule has 0 radical (unpaired) electrons. The van der Waals surface area contributed by atoms with Crippen molar-refractivity contribution in [2.45, 2.75) is 18.9 Å². The molecule has 1 atom stereocenters. The van der Waals surface area contributed by atoms with Gasteiger partial charge in [-0.3, -0.25) is 14.5 Å². The highest BCUT2D eigenvalue weighted by Gasteiger charge is 2.46. The van der Waals surface area contributed by atoms with Gasteiger partial charge < -0.3 is 4.74 Å². The van der Waals surface area contributed by atoms with E-state index in [-0.39, 0.29) is 12.7 Å². The van der Waals surface area contributed by atoms with E-state index in [1.54, 1.807) is 35.6 Å². The van der Waals surface area contributed by atoms with E-state index in [1.807, 2.05) is 11.4 Å². The van der Waals surface area contributed by atoms with Crippen molar-refractivity contribution in [3.8, 4) is 5.75 Å². The molecule has 3 heterocycles. The summed E-state index contributed by atoms with van der Waals surface area (Å²) in [7, 11) is 1.53. The molecule has 1 aromatic carbocycles. The van der Waals surface area contributed by atoms with E-state index in [9.17, 15) is 14.4 Å². The zero-order valence-electron chi connectivity index (χ0n) is 14.8. The zero-order valence-corrected chi connectivity index (χ0v) is 15.6. The van der Waals surface area contributed by atoms with E-state index in [0.717, 1.165) is 29.2 Å². The third-order valence-electron chi connectivity index (χ3n) is 4.94. The van der Waals surface area contributed by atoms with Crippen molar-refractivity contribution in [3.05, 3.63) is 46.7 Å². The Hall–Kier alpha value is -2.71. The maximum absolute atomic E-state index is 12.8. The van der Waals surface area contributed by atoms with Gasteiger partial charge in [0.1, 0.15) is 5.75 Å². The normalized spacial score (nSPS) is 20.8. The van der Waals surface area contributed by atoms with Crippen LogP contribution in [0.5, 0.6) is 5.75 Å². The Morgan fingerprint density at radius 2 is 1.89 bits per heavy atom. The molecule has 0 spiro atoms. The number of benzene rings is 1. The van der Waals surface area contributed by atoms with Gasteiger partial charge in [-0.15, -0.1) is 11.3 Å². The number of carbonyl (C=O) groups is 3. The molecule has 27 heavy (non-hydrogen) atoms. The van der Waals surface area contributed by atoms with Gasteiger partial charge >= 0.3 is 17.8 Å². The highest BCUT2D eigenvalue weighted by Crippen LogP contribution is 2.35. The highest BCUT2D eigenvalue weighted by molar-refractivity contribution is 7.10. The summed E-state index contributed by atoms with van der Waals surface area (Å²) in [6, 6.07) is 10.1. The van der Waals surface area contributed by atoms with E-state index in [1.165, 1.54) is 12.0 Å². The molecule has 1 aromatic heterocycles. The number of rotatable bonds is 5. The molecule has 0 aliphatic carbocycles. The Morgan fingerprint density at radius 1 is 1.11 bits per heavy atom. The minimum Gasteiger partial charge on any atom is -0.497 e. The molecule has 2 saturated heterocycles. The number of amides is 4. The first-order valence-electron chi connectivity index (χ1n) is 8.71. The molecule has 8 heteroatoms. The number of imide groups is 2. The lowest BCUT2D eigenvalue weighted by Gasteiger charge is -2.27. The maximum atomic E-state index is 12.8. The van der Waals surface area contributed by atoms with Gasteiger partial charge in [-0.25, -0.2) is 14.6 Å². The Balaban J connectivity index is 1.54. The monoisotopic (exact) mass is 385 g/mol. The van der Waals surface area contributed by atoms with Gasteiger partial charge in [0.25, 0.3) is 0 Å². The second kappa shape index (κ2) is 7.13. The van der Waals surface area contributed by atoms with Crippen LogP contribution in [0.2, 0.25) is 0 Å². The molecule has 0 N–H and O–H groups in total. The Bertz CT molecular complexity index is 866. The zero-order chi connectivity index (χ0) is 19.0. The topological polar surface area (TPSA) is 70.2 Å². The fourth-order valence-electron chi connectivity index (χ4n) is 3.57. The van der Waals surface area contributed by atoms with Crippen molar-refractivity contribution in [3.63, 3.8) is 0 Å². The van der Waals surface area contributed by atoms with Crippen LogP contribution in [0.15, 0.2) is 41.8 Å². The SMILES string of the molecule is COc1ccc(N2C(=O)C(=O)N(CN3CCCC3c3cccs3)C2=O)cc1. The van der Waals surface area contributed by atoms with Crippen molar-refractivity contribution >= 4 is 34.9 Å². The van der Waals surface area contributed by atoms with E-state index in [4.69, 9.17) is 4.74 Å². The maximum Gasteiger partial charge on any atom is 0.340 e. The quantitative estimate of drug-likeness (QED) is 0.585. The minimum atomic E-state index is -0.822. The Kier molecular flexibility index (Phi) is 4.67. The van der Waals surface area contributed by atoms with E-state index in [2.05, 4.69) is 11.0 Å². The summed E-state index contributed by atoms with van der Waals surface area (Å²) in [6.07, 6.45) is 1.97. The van der Waals surface area contributed by atoms with Crippen LogP contribution in [-0.2, 0) is 9.59 Å². The first-order valence-corrected chi connectivity index (χ1v) is 9.59. The number of nitrogens with zero attached hydrogens (tertiary/aromatic N) is 3. The fourth-order valence-corrected chi connectivity index (χ4v) is 4.46. The molecule has 0 bridgehead atoms. The molecule has 2 aliphatic heterocycles. The van der Waals surface area contributed by atoms with E-state index < -0.39 is 17.8 Å². The predicted octanol–water partition coefficient (Wildman–Crippen LogP) is 2.85. The largest absolute Gasteiger partial charge is 0.497 e. The van der Waals surface area contributed by atoms with Gasteiger partial charge in [0.15, 0.2) is 0 Å². The first kappa shape index (κ1) is 17.7. The lowest BCUT2D eigenvalue weighted by Crippen LogP contribution is -2.42. The van der Waals surface area contributed by atoms with Crippen molar-refractivity contribution in [2.24, 2.45) is 0 Å². The molecule has 7 nitrogen and oxygen atoms in total. The molecule has 0 saturated carbocycles. The van der Waals surface area contributed by atoms with Gasteiger partial charge in [-0.05, 0) is 48.6 Å². The van der Waals surface area contributed by atoms with E-state index in [0.29, 0.717) is 11.4 Å². The van der Waals surface area contributed by atoms with Crippen LogP contribution in [0.1, 0.15) is 23.8 Å². The molecule has 1 unspecified atom stereocenters. The van der Waals surface area contributed by atoms with Gasteiger partial charge in [0.2, 0.25) is 0 Å². The highest BCUT2D eigenvalue weighted by atomic mass is 32.1. The summed E-state index contributed by atoms with van der Waals surface area (Å²) in [4.78, 5) is 43.0. The third kappa shape index (κ3) is 3.11. The van der Waals surface area contributed by atoms with Crippen LogP contribution in [0.4, 0.5) is 10.5 Å². The number of methoxy groups -OCH3 is 1. The van der Waals surface area contributed by atoms with Crippen molar-refractivity contribution in [1.29, 1.82) is 0 Å². The van der Waals surface area contributed by atoms with Gasteiger partial charge in [-0.1, -0.05) is 6.07 Å². The molecule has 4 rings (SSSR count). The number of ether oxygens (including phenoxy) is 1. The fraction of sp³-hybridized carbons (Fsp3) is 0.316. The standard InChI is InChI=1S/C19H19N3O4S/c1-26-14-8-6-13(7-9-14)22-18(24)17(23)21(19(22)25)12-20-10-2-4-15(20)16-5-3-11-27-16/h3,5-9,11,15H,2,4,10,12H2,1H3. The van der Waals surface area contributed by atoms with Gasteiger partial charge in [0.05, 0.1) is 19.5 Å². The lowest BCUT2D eigenvalue weighted by atomic mass is 10.2. The second-order valence-corrected chi connectivity index (χ2v) is 7.46. The Labute approximate surface area is 160 Å². The van der Waals surface area contributed by atoms with Crippen LogP contribution in [-0.4, -0.2) is 48.0 Å². The first-order chi connectivity index (χ1) is 13.1. The number of anilines is 1. The number of hydrogen-bond acceptors (Lipinski definition) is 6. The summed E-state index contributed by atoms with van der Waals surface area (Å²) in [5, 5.41) is 2.02. The number of carbonyl (C=O) groups excluding carboxylic acids is 3. The summed E-state index contributed by atoms with van der Waals surface area (Å²) >= 11 is 1.67. The summed E-state index contributed by atoms with van der Waals surface area (Å²) in [5.74, 6) is -0.999. The van der Waals surface area contributed by atoms with Crippen molar-refractivity contribution < 1.29 is 19.1 Å². The molecule has 2 aliphatic rings. The number of thiophene rings is 1. The molecule has 140 valence electrons. The third-order valence-corrected chi connectivity index (χ3v) is 5.92. The van der Waals surface area contributed by atoms with Crippen molar-refractivity contribution in [2.75, 3.05) is 25.2 Å². The second-order valence-electron chi connectivity index (χ2n) is 6.48. The average molecular weight is 385 g/mol. The number of hydrogen-bond donors (Lipinski definition) is 0. The van der Waals surface area contributed by atoms with Crippen molar-refractivity contribution in [1.82, 2.24) is 9.80 Å². The van der Waals surface area contributed by atoms with Gasteiger partial charge in [-0.2, -0.15) is 0 Å². The number of urea groups is 1. The smallest absolute Gasteiger partial charge is 0.340 e. The summed E-state index contributed by atoms with van der Waals surface area (Å²) < 4.78 is 5.09.